The van der Waals surface area contributed by atoms with Gasteiger partial charge in [-0.25, -0.2) is 9.59 Å². The number of urea groups is 2. The van der Waals surface area contributed by atoms with Gasteiger partial charge in [0.2, 0.25) is 0 Å². The highest BCUT2D eigenvalue weighted by molar-refractivity contribution is 5.98. The predicted molar refractivity (Wildman–Crippen MR) is 136 cm³/mol. The zero-order chi connectivity index (χ0) is 24.2. The Balaban J connectivity index is 1.79. The summed E-state index contributed by atoms with van der Waals surface area (Å²) in [6.07, 6.45) is 0. The molecule has 0 atom stereocenters. The Morgan fingerprint density at radius 3 is 2.12 bits per heavy atom. The van der Waals surface area contributed by atoms with E-state index in [9.17, 15) is 9.59 Å². The molecule has 4 N–H and O–H groups in total. The standard InChI is InChI=1S/C27H34N4O2/c1-26(2,3)30-24(32)28-17-18-13-14-23-19(15-18)10-8-12-22(23)20-9-7-11-21(16-20)29-25(33)31-27(4,5)6/h7-16H,17H2,1-6H3,(H2,28,30,32)(H2,29,31,33). The third-order valence-corrected chi connectivity index (χ3v) is 4.81. The summed E-state index contributed by atoms with van der Waals surface area (Å²) >= 11 is 0. The monoisotopic (exact) mass is 446 g/mol. The quantitative estimate of drug-likeness (QED) is 0.395. The van der Waals surface area contributed by atoms with Crippen LogP contribution in [0.1, 0.15) is 47.1 Å². The molecular weight excluding hydrogens is 412 g/mol. The van der Waals surface area contributed by atoms with E-state index in [-0.39, 0.29) is 23.1 Å². The van der Waals surface area contributed by atoms with Gasteiger partial charge in [0.25, 0.3) is 0 Å². The van der Waals surface area contributed by atoms with Crippen LogP contribution in [0.2, 0.25) is 0 Å². The molecule has 0 aliphatic heterocycles. The third kappa shape index (κ3) is 7.24. The van der Waals surface area contributed by atoms with E-state index in [0.717, 1.165) is 33.2 Å². The van der Waals surface area contributed by atoms with Gasteiger partial charge in [0.15, 0.2) is 0 Å². The minimum absolute atomic E-state index is 0.184. The van der Waals surface area contributed by atoms with Crippen LogP contribution >= 0.6 is 0 Å². The molecule has 0 heterocycles. The maximum Gasteiger partial charge on any atom is 0.319 e. The number of anilines is 1. The lowest BCUT2D eigenvalue weighted by Gasteiger charge is -2.21. The molecule has 3 rings (SSSR count). The van der Waals surface area contributed by atoms with Crippen molar-refractivity contribution in [2.45, 2.75) is 59.2 Å². The first-order valence-electron chi connectivity index (χ1n) is 11.2. The lowest BCUT2D eigenvalue weighted by Crippen LogP contribution is -2.46. The van der Waals surface area contributed by atoms with E-state index in [1.165, 1.54) is 0 Å². The Labute approximate surface area is 196 Å². The van der Waals surface area contributed by atoms with E-state index in [4.69, 9.17) is 0 Å². The van der Waals surface area contributed by atoms with Gasteiger partial charge in [0.1, 0.15) is 0 Å². The number of benzene rings is 3. The Hall–Kier alpha value is -3.54. The summed E-state index contributed by atoms with van der Waals surface area (Å²) in [6.45, 7) is 12.1. The minimum Gasteiger partial charge on any atom is -0.334 e. The molecule has 0 unspecified atom stereocenters. The molecule has 0 saturated heterocycles. The molecule has 0 saturated carbocycles. The summed E-state index contributed by atoms with van der Waals surface area (Å²) in [4.78, 5) is 24.3. The molecule has 6 nitrogen and oxygen atoms in total. The van der Waals surface area contributed by atoms with Gasteiger partial charge in [-0.15, -0.1) is 0 Å². The maximum atomic E-state index is 12.3. The highest BCUT2D eigenvalue weighted by Gasteiger charge is 2.15. The average Bonchev–Trinajstić information content (AvgIpc) is 2.69. The average molecular weight is 447 g/mol. The fourth-order valence-electron chi connectivity index (χ4n) is 3.53. The molecular formula is C27H34N4O2. The molecule has 3 aromatic carbocycles. The lowest BCUT2D eigenvalue weighted by molar-refractivity contribution is 0.231. The molecule has 0 aliphatic carbocycles. The van der Waals surface area contributed by atoms with E-state index in [0.29, 0.717) is 6.54 Å². The molecule has 4 amide bonds. The Bertz CT molecular complexity index is 1160. The zero-order valence-corrected chi connectivity index (χ0v) is 20.3. The fourth-order valence-corrected chi connectivity index (χ4v) is 3.53. The van der Waals surface area contributed by atoms with E-state index in [1.54, 1.807) is 0 Å². The van der Waals surface area contributed by atoms with Crippen LogP contribution in [0.25, 0.3) is 21.9 Å². The van der Waals surface area contributed by atoms with Gasteiger partial charge in [0.05, 0.1) is 0 Å². The second kappa shape index (κ2) is 9.53. The van der Waals surface area contributed by atoms with Crippen LogP contribution in [0.3, 0.4) is 0 Å². The summed E-state index contributed by atoms with van der Waals surface area (Å²) in [5.74, 6) is 0. The van der Waals surface area contributed by atoms with E-state index >= 15 is 0 Å². The van der Waals surface area contributed by atoms with Gasteiger partial charge in [-0.1, -0.05) is 42.5 Å². The molecule has 0 radical (unpaired) electrons. The molecule has 0 fully saturated rings. The number of carbonyl (C=O) groups excluding carboxylic acids is 2. The maximum absolute atomic E-state index is 12.3. The van der Waals surface area contributed by atoms with Crippen LogP contribution in [-0.2, 0) is 6.54 Å². The molecule has 6 heteroatoms. The Morgan fingerprint density at radius 2 is 1.42 bits per heavy atom. The fraction of sp³-hybridized carbons (Fsp3) is 0.333. The number of hydrogen-bond acceptors (Lipinski definition) is 2. The number of carbonyl (C=O) groups is 2. The van der Waals surface area contributed by atoms with Gasteiger partial charge in [-0.3, -0.25) is 0 Å². The predicted octanol–water partition coefficient (Wildman–Crippen LogP) is 6.02. The van der Waals surface area contributed by atoms with Gasteiger partial charge in [-0.05, 0) is 87.2 Å². The van der Waals surface area contributed by atoms with E-state index < -0.39 is 0 Å². The van der Waals surface area contributed by atoms with Crippen LogP contribution in [0.15, 0.2) is 60.7 Å². The first-order valence-corrected chi connectivity index (χ1v) is 11.2. The van der Waals surface area contributed by atoms with Crippen molar-refractivity contribution < 1.29 is 9.59 Å². The Kier molecular flexibility index (Phi) is 6.96. The second-order valence-electron chi connectivity index (χ2n) is 10.3. The van der Waals surface area contributed by atoms with Crippen LogP contribution in [0, 0.1) is 0 Å². The summed E-state index contributed by atoms with van der Waals surface area (Å²) < 4.78 is 0. The molecule has 0 spiro atoms. The number of amides is 4. The van der Waals surface area contributed by atoms with E-state index in [1.807, 2.05) is 77.9 Å². The number of hydrogen-bond donors (Lipinski definition) is 4. The van der Waals surface area contributed by atoms with Crippen molar-refractivity contribution in [2.24, 2.45) is 0 Å². The minimum atomic E-state index is -0.308. The molecule has 0 aromatic heterocycles. The molecule has 174 valence electrons. The zero-order valence-electron chi connectivity index (χ0n) is 20.3. The summed E-state index contributed by atoms with van der Waals surface area (Å²) in [6, 6.07) is 19.8. The van der Waals surface area contributed by atoms with Crippen LogP contribution in [0.5, 0.6) is 0 Å². The van der Waals surface area contributed by atoms with Crippen molar-refractivity contribution >= 4 is 28.5 Å². The lowest BCUT2D eigenvalue weighted by atomic mass is 9.96. The van der Waals surface area contributed by atoms with Crippen molar-refractivity contribution in [2.75, 3.05) is 5.32 Å². The Morgan fingerprint density at radius 1 is 0.758 bits per heavy atom. The number of fused-ring (bicyclic) bond motifs is 1. The van der Waals surface area contributed by atoms with Crippen molar-refractivity contribution in [1.82, 2.24) is 16.0 Å². The molecule has 0 aliphatic rings. The molecule has 3 aromatic rings. The normalized spacial score (nSPS) is 11.7. The largest absolute Gasteiger partial charge is 0.334 e. The first-order chi connectivity index (χ1) is 15.4. The summed E-state index contributed by atoms with van der Waals surface area (Å²) in [7, 11) is 0. The van der Waals surface area contributed by atoms with Crippen molar-refractivity contribution in [3.8, 4) is 11.1 Å². The van der Waals surface area contributed by atoms with Gasteiger partial charge >= 0.3 is 12.1 Å². The SMILES string of the molecule is CC(C)(C)NC(=O)NCc1ccc2c(-c3cccc(NC(=O)NC(C)(C)C)c3)cccc2c1. The second-order valence-corrected chi connectivity index (χ2v) is 10.3. The first kappa shape index (κ1) is 24.1. The third-order valence-electron chi connectivity index (χ3n) is 4.81. The number of nitrogens with one attached hydrogen (secondary N) is 4. The van der Waals surface area contributed by atoms with Crippen LogP contribution in [0.4, 0.5) is 15.3 Å². The van der Waals surface area contributed by atoms with Crippen molar-refractivity contribution in [1.29, 1.82) is 0 Å². The van der Waals surface area contributed by atoms with Gasteiger partial charge < -0.3 is 21.3 Å². The van der Waals surface area contributed by atoms with Crippen LogP contribution in [-0.4, -0.2) is 23.1 Å². The van der Waals surface area contributed by atoms with Crippen molar-refractivity contribution in [3.05, 3.63) is 66.2 Å². The topological polar surface area (TPSA) is 82.3 Å². The highest BCUT2D eigenvalue weighted by Crippen LogP contribution is 2.30. The van der Waals surface area contributed by atoms with E-state index in [2.05, 4.69) is 45.5 Å². The highest BCUT2D eigenvalue weighted by atomic mass is 16.2. The summed E-state index contributed by atoms with van der Waals surface area (Å²) in [5, 5.41) is 13.8. The number of rotatable bonds is 4. The summed E-state index contributed by atoms with van der Waals surface area (Å²) in [5.41, 5.74) is 3.27. The molecule has 0 bridgehead atoms. The molecule has 33 heavy (non-hydrogen) atoms. The van der Waals surface area contributed by atoms with Crippen molar-refractivity contribution in [3.63, 3.8) is 0 Å². The van der Waals surface area contributed by atoms with Gasteiger partial charge in [-0.2, -0.15) is 0 Å². The van der Waals surface area contributed by atoms with Crippen LogP contribution < -0.4 is 21.3 Å². The smallest absolute Gasteiger partial charge is 0.319 e. The van der Waals surface area contributed by atoms with Gasteiger partial charge in [0, 0.05) is 23.3 Å².